The van der Waals surface area contributed by atoms with Crippen LogP contribution in [0.2, 0.25) is 0 Å². The van der Waals surface area contributed by atoms with E-state index >= 15 is 0 Å². The lowest BCUT2D eigenvalue weighted by molar-refractivity contribution is -0.139. The predicted octanol–water partition coefficient (Wildman–Crippen LogP) is 3.96. The van der Waals surface area contributed by atoms with Gasteiger partial charge >= 0.3 is 6.18 Å². The van der Waals surface area contributed by atoms with Gasteiger partial charge in [0.25, 0.3) is 0 Å². The van der Waals surface area contributed by atoms with Gasteiger partial charge in [0.2, 0.25) is 0 Å². The third kappa shape index (κ3) is 2.40. The van der Waals surface area contributed by atoms with Gasteiger partial charge in [-0.1, -0.05) is 18.3 Å². The molecule has 1 heterocycles. The zero-order valence-electron chi connectivity index (χ0n) is 8.75. The summed E-state index contributed by atoms with van der Waals surface area (Å²) in [7, 11) is 0. The van der Waals surface area contributed by atoms with Crippen molar-refractivity contribution in [1.82, 2.24) is 9.97 Å². The minimum atomic E-state index is -4.71. The molecule has 0 saturated heterocycles. The summed E-state index contributed by atoms with van der Waals surface area (Å²) in [4.78, 5) is 6.57. The SMILES string of the molecule is Fc1cc(-c2ncc[nH]c2=S)ccc1C(F)(F)F. The van der Waals surface area contributed by atoms with Crippen molar-refractivity contribution in [3.05, 3.63) is 46.6 Å². The fourth-order valence-corrected chi connectivity index (χ4v) is 1.69. The van der Waals surface area contributed by atoms with Crippen LogP contribution in [-0.4, -0.2) is 9.97 Å². The Bertz CT molecular complexity index is 633. The molecule has 0 unspecified atom stereocenters. The van der Waals surface area contributed by atoms with E-state index in [1.165, 1.54) is 12.4 Å². The Balaban J connectivity index is 2.54. The van der Waals surface area contributed by atoms with Crippen molar-refractivity contribution < 1.29 is 17.6 Å². The maximum Gasteiger partial charge on any atom is 0.419 e. The van der Waals surface area contributed by atoms with E-state index in [4.69, 9.17) is 12.2 Å². The van der Waals surface area contributed by atoms with E-state index < -0.39 is 17.6 Å². The van der Waals surface area contributed by atoms with E-state index in [-0.39, 0.29) is 15.9 Å². The second-order valence-corrected chi connectivity index (χ2v) is 3.87. The fourth-order valence-electron chi connectivity index (χ4n) is 1.45. The van der Waals surface area contributed by atoms with Crippen LogP contribution in [0.5, 0.6) is 0 Å². The average molecular weight is 274 g/mol. The summed E-state index contributed by atoms with van der Waals surface area (Å²) in [6.45, 7) is 0. The Kier molecular flexibility index (Phi) is 3.16. The lowest BCUT2D eigenvalue weighted by Crippen LogP contribution is -2.08. The van der Waals surface area contributed by atoms with Crippen LogP contribution >= 0.6 is 12.2 Å². The Morgan fingerprint density at radius 1 is 1.22 bits per heavy atom. The summed E-state index contributed by atoms with van der Waals surface area (Å²) >= 11 is 4.92. The average Bonchev–Trinajstić information content (AvgIpc) is 2.27. The Hall–Kier alpha value is -1.76. The van der Waals surface area contributed by atoms with Gasteiger partial charge in [-0.05, 0) is 12.1 Å². The van der Waals surface area contributed by atoms with Crippen LogP contribution < -0.4 is 0 Å². The number of aromatic amines is 1. The Labute approximate surface area is 104 Å². The van der Waals surface area contributed by atoms with Gasteiger partial charge in [0.1, 0.15) is 16.2 Å². The molecule has 0 bridgehead atoms. The van der Waals surface area contributed by atoms with Crippen molar-refractivity contribution in [3.63, 3.8) is 0 Å². The van der Waals surface area contributed by atoms with Gasteiger partial charge in [-0.2, -0.15) is 13.2 Å². The van der Waals surface area contributed by atoms with E-state index in [1.807, 2.05) is 0 Å². The van der Waals surface area contributed by atoms with Crippen molar-refractivity contribution in [2.45, 2.75) is 6.18 Å². The number of benzene rings is 1. The lowest BCUT2D eigenvalue weighted by atomic mass is 10.1. The molecule has 0 atom stereocenters. The first-order valence-corrected chi connectivity index (χ1v) is 5.21. The Morgan fingerprint density at radius 2 is 1.94 bits per heavy atom. The number of alkyl halides is 3. The third-order valence-corrected chi connectivity index (χ3v) is 2.57. The van der Waals surface area contributed by atoms with Gasteiger partial charge in [0, 0.05) is 18.0 Å². The van der Waals surface area contributed by atoms with Crippen LogP contribution in [0.15, 0.2) is 30.6 Å². The summed E-state index contributed by atoms with van der Waals surface area (Å²) in [5, 5.41) is 0. The standard InChI is InChI=1S/C11H6F4N2S/c12-8-5-6(1-2-7(8)11(13,14)15)9-10(18)17-4-3-16-9/h1-5H,(H,17,18). The van der Waals surface area contributed by atoms with Crippen LogP contribution in [0.4, 0.5) is 17.6 Å². The van der Waals surface area contributed by atoms with Gasteiger partial charge < -0.3 is 4.98 Å². The molecule has 0 saturated carbocycles. The molecular formula is C11H6F4N2S. The molecular weight excluding hydrogens is 268 g/mol. The van der Waals surface area contributed by atoms with Crippen LogP contribution in [0.1, 0.15) is 5.56 Å². The highest BCUT2D eigenvalue weighted by molar-refractivity contribution is 7.71. The fraction of sp³-hybridized carbons (Fsp3) is 0.0909. The summed E-state index contributed by atoms with van der Waals surface area (Å²) in [5.41, 5.74) is -0.875. The number of nitrogens with zero attached hydrogens (tertiary/aromatic N) is 1. The van der Waals surface area contributed by atoms with Crippen LogP contribution in [0.3, 0.4) is 0 Å². The van der Waals surface area contributed by atoms with E-state index in [1.54, 1.807) is 0 Å². The number of halogens is 4. The van der Waals surface area contributed by atoms with E-state index in [0.717, 1.165) is 12.1 Å². The first-order valence-electron chi connectivity index (χ1n) is 4.80. The summed E-state index contributed by atoms with van der Waals surface area (Å²) < 4.78 is 50.7. The molecule has 0 aliphatic carbocycles. The molecule has 0 spiro atoms. The molecule has 2 nitrogen and oxygen atoms in total. The van der Waals surface area contributed by atoms with Crippen LogP contribution in [0, 0.1) is 10.5 Å². The number of aromatic nitrogens is 2. The van der Waals surface area contributed by atoms with Gasteiger partial charge in [-0.3, -0.25) is 4.98 Å². The van der Waals surface area contributed by atoms with Crippen molar-refractivity contribution in [1.29, 1.82) is 0 Å². The number of hydrogen-bond acceptors (Lipinski definition) is 2. The quantitative estimate of drug-likeness (QED) is 0.629. The highest BCUT2D eigenvalue weighted by Gasteiger charge is 2.34. The third-order valence-electron chi connectivity index (χ3n) is 2.26. The maximum absolute atomic E-state index is 13.4. The molecule has 1 aromatic heterocycles. The minimum Gasteiger partial charge on any atom is -0.350 e. The van der Waals surface area contributed by atoms with Crippen molar-refractivity contribution in [2.24, 2.45) is 0 Å². The highest BCUT2D eigenvalue weighted by atomic mass is 32.1. The van der Waals surface area contributed by atoms with E-state index in [2.05, 4.69) is 9.97 Å². The van der Waals surface area contributed by atoms with Crippen LogP contribution in [0.25, 0.3) is 11.3 Å². The van der Waals surface area contributed by atoms with Crippen LogP contribution in [-0.2, 0) is 6.18 Å². The normalized spacial score (nSPS) is 11.6. The van der Waals surface area contributed by atoms with E-state index in [0.29, 0.717) is 6.07 Å². The second-order valence-electron chi connectivity index (χ2n) is 3.46. The van der Waals surface area contributed by atoms with Gasteiger partial charge in [-0.15, -0.1) is 0 Å². The van der Waals surface area contributed by atoms with Crippen molar-refractivity contribution >= 4 is 12.2 Å². The van der Waals surface area contributed by atoms with Gasteiger partial charge in [0.05, 0.1) is 5.56 Å². The molecule has 0 aliphatic rings. The molecule has 94 valence electrons. The first-order chi connectivity index (χ1) is 8.39. The van der Waals surface area contributed by atoms with Gasteiger partial charge in [-0.25, -0.2) is 4.39 Å². The lowest BCUT2D eigenvalue weighted by Gasteiger charge is -2.09. The second kappa shape index (κ2) is 4.49. The molecule has 2 aromatic rings. The molecule has 2 rings (SSSR count). The molecule has 1 aromatic carbocycles. The molecule has 0 fully saturated rings. The number of nitrogens with one attached hydrogen (secondary N) is 1. The summed E-state index contributed by atoms with van der Waals surface area (Å²) in [6.07, 6.45) is -1.84. The molecule has 7 heteroatoms. The largest absolute Gasteiger partial charge is 0.419 e. The maximum atomic E-state index is 13.4. The monoisotopic (exact) mass is 274 g/mol. The summed E-state index contributed by atoms with van der Waals surface area (Å²) in [6, 6.07) is 2.58. The smallest absolute Gasteiger partial charge is 0.350 e. The van der Waals surface area contributed by atoms with Crippen molar-refractivity contribution in [3.8, 4) is 11.3 Å². The number of rotatable bonds is 1. The first kappa shape index (κ1) is 12.7. The topological polar surface area (TPSA) is 28.7 Å². The number of hydrogen-bond donors (Lipinski definition) is 1. The number of H-pyrrole nitrogens is 1. The zero-order chi connectivity index (χ0) is 13.3. The highest BCUT2D eigenvalue weighted by Crippen LogP contribution is 2.33. The van der Waals surface area contributed by atoms with Crippen molar-refractivity contribution in [2.75, 3.05) is 0 Å². The predicted molar refractivity (Wildman–Crippen MR) is 59.8 cm³/mol. The molecule has 0 radical (unpaired) electrons. The molecule has 18 heavy (non-hydrogen) atoms. The molecule has 1 N–H and O–H groups in total. The van der Waals surface area contributed by atoms with E-state index in [9.17, 15) is 17.6 Å². The zero-order valence-corrected chi connectivity index (χ0v) is 9.57. The molecule has 0 aliphatic heterocycles. The minimum absolute atomic E-state index is 0.197. The molecule has 0 amide bonds. The summed E-state index contributed by atoms with van der Waals surface area (Å²) in [5.74, 6) is -1.35. The Morgan fingerprint density at radius 3 is 2.50 bits per heavy atom. The van der Waals surface area contributed by atoms with Gasteiger partial charge in [0.15, 0.2) is 0 Å².